The fourth-order valence-corrected chi connectivity index (χ4v) is 3.82. The van der Waals surface area contributed by atoms with Gasteiger partial charge in [0.15, 0.2) is 0 Å². The van der Waals surface area contributed by atoms with Crippen molar-refractivity contribution in [1.29, 1.82) is 0 Å². The van der Waals surface area contributed by atoms with Crippen molar-refractivity contribution in [1.82, 2.24) is 15.6 Å². The Balaban J connectivity index is 1.27. The molecule has 0 aliphatic heterocycles. The molecule has 1 aromatic heterocycles. The third kappa shape index (κ3) is 4.82. The van der Waals surface area contributed by atoms with Gasteiger partial charge in [0.2, 0.25) is 0 Å². The van der Waals surface area contributed by atoms with Crippen molar-refractivity contribution in [2.45, 2.75) is 44.9 Å². The van der Waals surface area contributed by atoms with Gasteiger partial charge in [-0.1, -0.05) is 54.6 Å². The Hall–Kier alpha value is -2.49. The van der Waals surface area contributed by atoms with Crippen molar-refractivity contribution in [3.63, 3.8) is 0 Å². The van der Waals surface area contributed by atoms with Gasteiger partial charge in [-0.25, -0.2) is 0 Å². The quantitative estimate of drug-likeness (QED) is 0.652. The highest BCUT2D eigenvalue weighted by atomic mass is 14.9. The third-order valence-electron chi connectivity index (χ3n) is 5.31. The van der Waals surface area contributed by atoms with Gasteiger partial charge in [-0.3, -0.25) is 4.98 Å². The van der Waals surface area contributed by atoms with Crippen LogP contribution in [0, 0.1) is 0 Å². The van der Waals surface area contributed by atoms with Crippen molar-refractivity contribution in [2.24, 2.45) is 0 Å². The minimum atomic E-state index is 0.481. The lowest BCUT2D eigenvalue weighted by atomic mass is 9.87. The molecule has 0 amide bonds. The smallest absolute Gasteiger partial charge is 0.0541 e. The first-order valence-corrected chi connectivity index (χ1v) is 9.88. The van der Waals surface area contributed by atoms with E-state index in [4.69, 9.17) is 0 Å². The van der Waals surface area contributed by atoms with Crippen LogP contribution in [0.15, 0.2) is 72.9 Å². The van der Waals surface area contributed by atoms with Crippen LogP contribution in [-0.4, -0.2) is 4.98 Å². The van der Waals surface area contributed by atoms with Gasteiger partial charge in [-0.2, -0.15) is 0 Å². The molecule has 0 saturated heterocycles. The van der Waals surface area contributed by atoms with E-state index >= 15 is 0 Å². The molecule has 0 fully saturated rings. The minimum absolute atomic E-state index is 0.481. The second-order valence-electron chi connectivity index (χ2n) is 7.27. The Morgan fingerprint density at radius 2 is 1.59 bits per heavy atom. The number of aromatic nitrogens is 1. The molecule has 3 aromatic rings. The highest BCUT2D eigenvalue weighted by molar-refractivity contribution is 5.32. The summed E-state index contributed by atoms with van der Waals surface area (Å²) in [6.45, 7) is 2.58. The Kier molecular flexibility index (Phi) is 5.92. The average molecular weight is 358 g/mol. The summed E-state index contributed by atoms with van der Waals surface area (Å²) >= 11 is 0. The summed E-state index contributed by atoms with van der Waals surface area (Å²) in [4.78, 5) is 4.34. The summed E-state index contributed by atoms with van der Waals surface area (Å²) in [6.07, 6.45) is 5.56. The van der Waals surface area contributed by atoms with Crippen LogP contribution in [0.1, 0.15) is 46.8 Å². The number of hydrogen-bond acceptors (Lipinski definition) is 3. The maximum Gasteiger partial charge on any atom is 0.0541 e. The summed E-state index contributed by atoms with van der Waals surface area (Å²) in [7, 11) is 0. The number of rotatable bonds is 7. The molecule has 3 nitrogen and oxygen atoms in total. The van der Waals surface area contributed by atoms with E-state index in [1.807, 2.05) is 24.4 Å². The summed E-state index contributed by atoms with van der Waals surface area (Å²) in [6, 6.07) is 24.3. The van der Waals surface area contributed by atoms with Crippen LogP contribution in [0.4, 0.5) is 0 Å². The van der Waals surface area contributed by atoms with E-state index in [1.54, 1.807) is 0 Å². The first kappa shape index (κ1) is 17.9. The van der Waals surface area contributed by atoms with Crippen LogP contribution < -0.4 is 10.6 Å². The fourth-order valence-electron chi connectivity index (χ4n) is 3.82. The molecule has 0 bridgehead atoms. The maximum atomic E-state index is 4.34. The van der Waals surface area contributed by atoms with E-state index in [-0.39, 0.29) is 0 Å². The van der Waals surface area contributed by atoms with Crippen molar-refractivity contribution in [2.75, 3.05) is 0 Å². The first-order chi connectivity index (χ1) is 13.4. The van der Waals surface area contributed by atoms with E-state index in [0.29, 0.717) is 6.04 Å². The number of pyridine rings is 1. The number of fused-ring (bicyclic) bond motifs is 1. The predicted molar refractivity (Wildman–Crippen MR) is 110 cm³/mol. The molecule has 2 N–H and O–H groups in total. The molecule has 1 unspecified atom stereocenters. The molecule has 27 heavy (non-hydrogen) atoms. The lowest BCUT2D eigenvalue weighted by molar-refractivity contribution is 0.459. The Morgan fingerprint density at radius 1 is 0.815 bits per heavy atom. The monoisotopic (exact) mass is 357 g/mol. The SMILES string of the molecule is c1ccc(CNCc2ccc(CNC3CCCc4ccccc43)cc2)nc1. The number of nitrogens with one attached hydrogen (secondary N) is 2. The molecule has 1 atom stereocenters. The molecule has 1 aliphatic rings. The van der Waals surface area contributed by atoms with Gasteiger partial charge in [-0.15, -0.1) is 0 Å². The van der Waals surface area contributed by atoms with Crippen LogP contribution in [0.25, 0.3) is 0 Å². The summed E-state index contributed by atoms with van der Waals surface area (Å²) in [5, 5.41) is 7.21. The van der Waals surface area contributed by atoms with Gasteiger partial charge in [0.05, 0.1) is 5.69 Å². The minimum Gasteiger partial charge on any atom is -0.307 e. The lowest BCUT2D eigenvalue weighted by Gasteiger charge is -2.26. The van der Waals surface area contributed by atoms with Crippen molar-refractivity contribution in [3.05, 3.63) is 101 Å². The number of nitrogens with zero attached hydrogens (tertiary/aromatic N) is 1. The topological polar surface area (TPSA) is 37.0 Å². The Labute approximate surface area is 161 Å². The van der Waals surface area contributed by atoms with E-state index in [9.17, 15) is 0 Å². The van der Waals surface area contributed by atoms with Gasteiger partial charge in [-0.05, 0) is 53.6 Å². The molecule has 1 heterocycles. The van der Waals surface area contributed by atoms with Crippen LogP contribution in [-0.2, 0) is 26.1 Å². The molecule has 3 heteroatoms. The zero-order valence-corrected chi connectivity index (χ0v) is 15.7. The summed E-state index contributed by atoms with van der Waals surface area (Å²) < 4.78 is 0. The fraction of sp³-hybridized carbons (Fsp3) is 0.292. The van der Waals surface area contributed by atoms with E-state index in [2.05, 4.69) is 64.1 Å². The zero-order chi connectivity index (χ0) is 18.3. The van der Waals surface area contributed by atoms with Crippen LogP contribution in [0.2, 0.25) is 0 Å². The van der Waals surface area contributed by atoms with Crippen LogP contribution in [0.3, 0.4) is 0 Å². The van der Waals surface area contributed by atoms with Crippen molar-refractivity contribution >= 4 is 0 Å². The molecule has 0 radical (unpaired) electrons. The van der Waals surface area contributed by atoms with Gasteiger partial charge in [0.1, 0.15) is 0 Å². The molecule has 2 aromatic carbocycles. The largest absolute Gasteiger partial charge is 0.307 e. The standard InChI is InChI=1S/C24H27N3/c1-2-9-23-21(6-1)7-5-10-24(23)27-17-20-13-11-19(12-14-20)16-25-18-22-8-3-4-15-26-22/h1-4,6,8-9,11-15,24-25,27H,5,7,10,16-18H2. The molecule has 0 saturated carbocycles. The lowest BCUT2D eigenvalue weighted by Crippen LogP contribution is -2.24. The number of benzene rings is 2. The Morgan fingerprint density at radius 3 is 2.41 bits per heavy atom. The average Bonchev–Trinajstić information content (AvgIpc) is 2.74. The second-order valence-corrected chi connectivity index (χ2v) is 7.27. The first-order valence-electron chi connectivity index (χ1n) is 9.88. The number of hydrogen-bond donors (Lipinski definition) is 2. The molecule has 138 valence electrons. The molecule has 1 aliphatic carbocycles. The summed E-state index contributed by atoms with van der Waals surface area (Å²) in [5.41, 5.74) is 6.71. The summed E-state index contributed by atoms with van der Waals surface area (Å²) in [5.74, 6) is 0. The number of aryl methyl sites for hydroxylation is 1. The van der Waals surface area contributed by atoms with Crippen molar-refractivity contribution in [3.8, 4) is 0 Å². The predicted octanol–water partition coefficient (Wildman–Crippen LogP) is 4.54. The zero-order valence-electron chi connectivity index (χ0n) is 15.7. The van der Waals surface area contributed by atoms with E-state index in [0.717, 1.165) is 25.3 Å². The van der Waals surface area contributed by atoms with Gasteiger partial charge < -0.3 is 10.6 Å². The van der Waals surface area contributed by atoms with Gasteiger partial charge >= 0.3 is 0 Å². The second kappa shape index (κ2) is 8.94. The van der Waals surface area contributed by atoms with Crippen LogP contribution in [0.5, 0.6) is 0 Å². The van der Waals surface area contributed by atoms with Gasteiger partial charge in [0, 0.05) is 31.9 Å². The highest BCUT2D eigenvalue weighted by Gasteiger charge is 2.18. The van der Waals surface area contributed by atoms with E-state index in [1.165, 1.54) is 41.5 Å². The van der Waals surface area contributed by atoms with Gasteiger partial charge in [0.25, 0.3) is 0 Å². The highest BCUT2D eigenvalue weighted by Crippen LogP contribution is 2.29. The normalized spacial score (nSPS) is 16.1. The molecular weight excluding hydrogens is 330 g/mol. The van der Waals surface area contributed by atoms with Crippen LogP contribution >= 0.6 is 0 Å². The van der Waals surface area contributed by atoms with E-state index < -0.39 is 0 Å². The Bertz CT molecular complexity index is 843. The third-order valence-corrected chi connectivity index (χ3v) is 5.31. The molecule has 4 rings (SSSR count). The maximum absolute atomic E-state index is 4.34. The molecule has 0 spiro atoms. The van der Waals surface area contributed by atoms with Crippen molar-refractivity contribution < 1.29 is 0 Å². The molecular formula is C24H27N3.